The maximum absolute atomic E-state index is 13.0. The summed E-state index contributed by atoms with van der Waals surface area (Å²) in [4.78, 5) is 49.3. The molecule has 4 aliphatic carbocycles. The van der Waals surface area contributed by atoms with Crippen LogP contribution >= 0.6 is 0 Å². The summed E-state index contributed by atoms with van der Waals surface area (Å²) < 4.78 is 22.9. The molecule has 0 spiro atoms. The van der Waals surface area contributed by atoms with Crippen LogP contribution in [0.25, 0.3) is 0 Å². The molecule has 3 fully saturated rings. The Bertz CT molecular complexity index is 1070. The highest BCUT2D eigenvalue weighted by atomic mass is 16.6. The fourth-order valence-electron chi connectivity index (χ4n) is 9.36. The molecular formula is C34H52O8. The molecule has 0 saturated heterocycles. The first-order valence-electron chi connectivity index (χ1n) is 15.9. The second-order valence-electron chi connectivity index (χ2n) is 14.8. The first-order chi connectivity index (χ1) is 19.6. The van der Waals surface area contributed by atoms with Crippen LogP contribution in [0.5, 0.6) is 0 Å². The molecule has 0 heterocycles. The van der Waals surface area contributed by atoms with E-state index in [1.807, 2.05) is 20.8 Å². The van der Waals surface area contributed by atoms with Crippen molar-refractivity contribution in [1.29, 1.82) is 0 Å². The van der Waals surface area contributed by atoms with Crippen LogP contribution in [0.3, 0.4) is 0 Å². The molecule has 3 saturated carbocycles. The first kappa shape index (κ1) is 32.5. The van der Waals surface area contributed by atoms with Gasteiger partial charge in [-0.05, 0) is 101 Å². The van der Waals surface area contributed by atoms with E-state index in [0.717, 1.165) is 25.7 Å². The van der Waals surface area contributed by atoms with E-state index in [0.29, 0.717) is 44.1 Å². The summed E-state index contributed by atoms with van der Waals surface area (Å²) in [5, 5.41) is 0. The van der Waals surface area contributed by atoms with E-state index in [-0.39, 0.29) is 70.6 Å². The molecule has 0 aliphatic heterocycles. The zero-order chi connectivity index (χ0) is 31.0. The number of carbonyl (C=O) groups excluding carboxylic acids is 4. The third-order valence-corrected chi connectivity index (χ3v) is 11.4. The molecule has 0 N–H and O–H groups in total. The number of hydrogen-bond donors (Lipinski definition) is 0. The quantitative estimate of drug-likeness (QED) is 0.192. The summed E-state index contributed by atoms with van der Waals surface area (Å²) in [6.45, 7) is 13.4. The average Bonchev–Trinajstić information content (AvgIpc) is 3.27. The maximum atomic E-state index is 13.0. The van der Waals surface area contributed by atoms with Gasteiger partial charge < -0.3 is 18.9 Å². The van der Waals surface area contributed by atoms with Gasteiger partial charge in [-0.3, -0.25) is 19.2 Å². The van der Waals surface area contributed by atoms with Gasteiger partial charge in [0.25, 0.3) is 0 Å². The van der Waals surface area contributed by atoms with Gasteiger partial charge in [-0.2, -0.15) is 0 Å². The molecular weight excluding hydrogens is 536 g/mol. The van der Waals surface area contributed by atoms with Gasteiger partial charge in [0.15, 0.2) is 0 Å². The van der Waals surface area contributed by atoms with E-state index in [9.17, 15) is 19.2 Å². The van der Waals surface area contributed by atoms with Crippen LogP contribution in [0.2, 0.25) is 0 Å². The zero-order valence-corrected chi connectivity index (χ0v) is 26.9. The Kier molecular flexibility index (Phi) is 9.54. The Morgan fingerprint density at radius 1 is 0.952 bits per heavy atom. The molecule has 0 aromatic carbocycles. The normalized spacial score (nSPS) is 37.9. The fraction of sp³-hybridized carbons (Fsp3) is 0.824. The van der Waals surface area contributed by atoms with E-state index in [4.69, 9.17) is 18.9 Å². The van der Waals surface area contributed by atoms with Gasteiger partial charge in [0, 0.05) is 31.1 Å². The van der Waals surface area contributed by atoms with Gasteiger partial charge in [0.05, 0.1) is 19.1 Å². The zero-order valence-electron chi connectivity index (χ0n) is 26.9. The van der Waals surface area contributed by atoms with Gasteiger partial charge in [-0.25, -0.2) is 0 Å². The summed E-state index contributed by atoms with van der Waals surface area (Å²) in [5.41, 5.74) is -1.18. The van der Waals surface area contributed by atoms with Crippen molar-refractivity contribution in [3.8, 4) is 0 Å². The number of methoxy groups -OCH3 is 1. The lowest BCUT2D eigenvalue weighted by atomic mass is 9.45. The Hall–Kier alpha value is -2.38. The lowest BCUT2D eigenvalue weighted by molar-refractivity contribution is -0.194. The smallest absolute Gasteiger partial charge is 0.311 e. The molecule has 4 aliphatic rings. The van der Waals surface area contributed by atoms with Crippen LogP contribution in [0.4, 0.5) is 0 Å². The number of esters is 4. The lowest BCUT2D eigenvalue weighted by Crippen LogP contribution is -2.60. The van der Waals surface area contributed by atoms with Crippen molar-refractivity contribution in [3.05, 3.63) is 12.2 Å². The molecule has 8 heteroatoms. The maximum Gasteiger partial charge on any atom is 0.311 e. The van der Waals surface area contributed by atoms with Crippen LogP contribution < -0.4 is 0 Å². The molecule has 0 radical (unpaired) electrons. The SMILES string of the molecule is COC(=O)CC[C@@H](C)[C@H]1CC[C@H]2[C@@H]3C=C[C@@H]4C[C@H](OC(C)=O)CC[C@]4(COC(=O)C(C)(C)C)[C@H]3C[C@H](OC(C)=O)[C@]12C. The van der Waals surface area contributed by atoms with Gasteiger partial charge in [-0.1, -0.05) is 26.0 Å². The Balaban J connectivity index is 1.70. The van der Waals surface area contributed by atoms with Crippen molar-refractivity contribution in [2.45, 2.75) is 112 Å². The predicted octanol–water partition coefficient (Wildman–Crippen LogP) is 6.05. The Morgan fingerprint density at radius 2 is 1.64 bits per heavy atom. The summed E-state index contributed by atoms with van der Waals surface area (Å²) in [7, 11) is 1.43. The Labute approximate surface area is 251 Å². The highest BCUT2D eigenvalue weighted by Crippen LogP contribution is 2.68. The van der Waals surface area contributed by atoms with Crippen molar-refractivity contribution in [1.82, 2.24) is 0 Å². The molecule has 0 aromatic rings. The highest BCUT2D eigenvalue weighted by Gasteiger charge is 2.65. The lowest BCUT2D eigenvalue weighted by Gasteiger charge is -2.61. The van der Waals surface area contributed by atoms with Crippen LogP contribution in [-0.2, 0) is 38.1 Å². The number of fused-ring (bicyclic) bond motifs is 5. The van der Waals surface area contributed by atoms with Gasteiger partial charge in [0.2, 0.25) is 0 Å². The van der Waals surface area contributed by atoms with E-state index in [2.05, 4.69) is 26.0 Å². The fourth-order valence-corrected chi connectivity index (χ4v) is 9.36. The summed E-state index contributed by atoms with van der Waals surface area (Å²) in [5.74, 6) is 0.410. The number of ether oxygens (including phenoxy) is 4. The minimum Gasteiger partial charge on any atom is -0.469 e. The molecule has 4 rings (SSSR count). The molecule has 0 bridgehead atoms. The van der Waals surface area contributed by atoms with Crippen molar-refractivity contribution in [2.75, 3.05) is 13.7 Å². The second kappa shape index (κ2) is 12.3. The van der Waals surface area contributed by atoms with Crippen LogP contribution in [0, 0.1) is 51.8 Å². The second-order valence-corrected chi connectivity index (χ2v) is 14.8. The van der Waals surface area contributed by atoms with Gasteiger partial charge in [0.1, 0.15) is 12.2 Å². The van der Waals surface area contributed by atoms with Crippen LogP contribution in [-0.4, -0.2) is 49.8 Å². The monoisotopic (exact) mass is 588 g/mol. The van der Waals surface area contributed by atoms with E-state index in [1.165, 1.54) is 21.0 Å². The molecule has 0 aromatic heterocycles. The topological polar surface area (TPSA) is 105 Å². The number of hydrogen-bond acceptors (Lipinski definition) is 8. The summed E-state index contributed by atoms with van der Waals surface area (Å²) in [6.07, 6.45) is 10.3. The molecule has 236 valence electrons. The Morgan fingerprint density at radius 3 is 2.26 bits per heavy atom. The largest absolute Gasteiger partial charge is 0.469 e. The van der Waals surface area contributed by atoms with Gasteiger partial charge >= 0.3 is 23.9 Å². The molecule has 42 heavy (non-hydrogen) atoms. The number of rotatable bonds is 8. The van der Waals surface area contributed by atoms with E-state index >= 15 is 0 Å². The number of carbonyl (C=O) groups is 4. The third-order valence-electron chi connectivity index (χ3n) is 11.4. The average molecular weight is 589 g/mol. The number of allylic oxidation sites excluding steroid dienone is 2. The van der Waals surface area contributed by atoms with Crippen LogP contribution in [0.1, 0.15) is 99.8 Å². The highest BCUT2D eigenvalue weighted by molar-refractivity contribution is 5.75. The summed E-state index contributed by atoms with van der Waals surface area (Å²) in [6, 6.07) is 0. The third kappa shape index (κ3) is 6.14. The van der Waals surface area contributed by atoms with Crippen molar-refractivity contribution in [3.63, 3.8) is 0 Å². The van der Waals surface area contributed by atoms with Crippen LogP contribution in [0.15, 0.2) is 12.2 Å². The molecule has 8 nitrogen and oxygen atoms in total. The molecule has 0 unspecified atom stereocenters. The van der Waals surface area contributed by atoms with Gasteiger partial charge in [-0.15, -0.1) is 0 Å². The van der Waals surface area contributed by atoms with Crippen molar-refractivity contribution < 1.29 is 38.1 Å². The molecule has 0 amide bonds. The first-order valence-corrected chi connectivity index (χ1v) is 15.9. The minimum absolute atomic E-state index is 0.0862. The predicted molar refractivity (Wildman–Crippen MR) is 157 cm³/mol. The summed E-state index contributed by atoms with van der Waals surface area (Å²) >= 11 is 0. The molecule has 10 atom stereocenters. The van der Waals surface area contributed by atoms with Crippen molar-refractivity contribution >= 4 is 23.9 Å². The van der Waals surface area contributed by atoms with Crippen molar-refractivity contribution in [2.24, 2.45) is 51.8 Å². The van der Waals surface area contributed by atoms with E-state index in [1.54, 1.807) is 0 Å². The standard InChI is InChI=1S/C34H52O8/c1-20(9-14-30(37)39-8)26-12-13-27-25-11-10-23-17-24(41-21(2)35)15-16-34(23,19-40-31(38)32(4,5)6)28(25)18-29(33(26,27)7)42-22(3)36/h10-11,20,23-29H,9,12-19H2,1-8H3/t20-,23-,24-,25+,26-,27+,28+,29+,33-,34-/m1/s1. The minimum atomic E-state index is -0.616. The van der Waals surface area contributed by atoms with E-state index < -0.39 is 5.41 Å².